The maximum atomic E-state index is 13.2. The molecule has 0 aliphatic rings. The molecule has 7 nitrogen and oxygen atoms in total. The van der Waals surface area contributed by atoms with Crippen LogP contribution in [0, 0.1) is 5.82 Å². The molecular formula is C26H27FN2O5S. The minimum absolute atomic E-state index is 0.0922. The molecule has 3 rings (SSSR count). The molecule has 0 radical (unpaired) electrons. The minimum atomic E-state index is -4.10. The van der Waals surface area contributed by atoms with Gasteiger partial charge in [0.2, 0.25) is 15.9 Å². The predicted octanol–water partition coefficient (Wildman–Crippen LogP) is 4.31. The van der Waals surface area contributed by atoms with E-state index >= 15 is 0 Å². The maximum Gasteiger partial charge on any atom is 0.338 e. The van der Waals surface area contributed by atoms with Crippen LogP contribution in [0.5, 0.6) is 0 Å². The number of anilines is 1. The van der Waals surface area contributed by atoms with Crippen molar-refractivity contribution in [2.75, 3.05) is 11.9 Å². The number of carbonyl (C=O) groups is 2. The van der Waals surface area contributed by atoms with E-state index in [9.17, 15) is 22.4 Å². The number of halogens is 1. The summed E-state index contributed by atoms with van der Waals surface area (Å²) in [4.78, 5) is 25.0. The van der Waals surface area contributed by atoms with E-state index in [0.717, 1.165) is 42.7 Å². The average molecular weight is 499 g/mol. The lowest BCUT2D eigenvalue weighted by Gasteiger charge is -2.19. The van der Waals surface area contributed by atoms with E-state index < -0.39 is 33.8 Å². The van der Waals surface area contributed by atoms with Crippen molar-refractivity contribution < 1.29 is 27.1 Å². The Balaban J connectivity index is 1.75. The topological polar surface area (TPSA) is 102 Å². The molecule has 0 unspecified atom stereocenters. The van der Waals surface area contributed by atoms with Crippen LogP contribution in [0.2, 0.25) is 0 Å². The summed E-state index contributed by atoms with van der Waals surface area (Å²) in [7, 11) is -4.10. The Morgan fingerprint density at radius 1 is 0.943 bits per heavy atom. The molecule has 0 aliphatic carbocycles. The van der Waals surface area contributed by atoms with Gasteiger partial charge in [-0.3, -0.25) is 4.79 Å². The number of ether oxygens (including phenoxy) is 1. The zero-order valence-corrected chi connectivity index (χ0v) is 20.1. The first-order chi connectivity index (χ1) is 16.8. The van der Waals surface area contributed by atoms with E-state index in [4.69, 9.17) is 4.74 Å². The van der Waals surface area contributed by atoms with Gasteiger partial charge in [0.05, 0.1) is 17.1 Å². The van der Waals surface area contributed by atoms with Crippen molar-refractivity contribution in [3.63, 3.8) is 0 Å². The lowest BCUT2D eigenvalue weighted by molar-refractivity contribution is -0.117. The van der Waals surface area contributed by atoms with Crippen LogP contribution in [0.4, 0.5) is 10.1 Å². The summed E-state index contributed by atoms with van der Waals surface area (Å²) >= 11 is 0. The summed E-state index contributed by atoms with van der Waals surface area (Å²) in [5.74, 6) is -1.61. The Bertz CT molecular complexity index is 1230. The molecular weight excluding hydrogens is 471 g/mol. The number of benzene rings is 3. The Hall–Kier alpha value is -3.56. The smallest absolute Gasteiger partial charge is 0.338 e. The summed E-state index contributed by atoms with van der Waals surface area (Å²) < 4.78 is 46.6. The van der Waals surface area contributed by atoms with Gasteiger partial charge in [-0.15, -0.1) is 0 Å². The van der Waals surface area contributed by atoms with Gasteiger partial charge in [0, 0.05) is 5.69 Å². The largest absolute Gasteiger partial charge is 0.462 e. The number of amides is 1. The molecule has 3 aromatic carbocycles. The van der Waals surface area contributed by atoms with E-state index in [1.54, 1.807) is 36.4 Å². The lowest BCUT2D eigenvalue weighted by atomic mass is 10.1. The number of hydrogen-bond acceptors (Lipinski definition) is 5. The van der Waals surface area contributed by atoms with Gasteiger partial charge in [-0.1, -0.05) is 43.7 Å². The van der Waals surface area contributed by atoms with Gasteiger partial charge in [0.15, 0.2) is 0 Å². The van der Waals surface area contributed by atoms with Gasteiger partial charge in [0.25, 0.3) is 0 Å². The first-order valence-corrected chi connectivity index (χ1v) is 12.7. The van der Waals surface area contributed by atoms with Gasteiger partial charge in [-0.25, -0.2) is 17.6 Å². The molecule has 1 atom stereocenters. The molecule has 1 amide bonds. The summed E-state index contributed by atoms with van der Waals surface area (Å²) in [5.41, 5.74) is 1.48. The van der Waals surface area contributed by atoms with E-state index in [1.165, 1.54) is 12.1 Å². The fourth-order valence-corrected chi connectivity index (χ4v) is 4.41. The van der Waals surface area contributed by atoms with Gasteiger partial charge in [-0.2, -0.15) is 4.72 Å². The minimum Gasteiger partial charge on any atom is -0.462 e. The molecule has 9 heteroatoms. The zero-order chi connectivity index (χ0) is 25.3. The predicted molar refractivity (Wildman–Crippen MR) is 131 cm³/mol. The summed E-state index contributed by atoms with van der Waals surface area (Å²) in [6.45, 7) is 2.33. The van der Waals surface area contributed by atoms with Crippen LogP contribution in [0.3, 0.4) is 0 Å². The highest BCUT2D eigenvalue weighted by Crippen LogP contribution is 2.15. The van der Waals surface area contributed by atoms with Crippen LogP contribution in [-0.4, -0.2) is 32.9 Å². The van der Waals surface area contributed by atoms with E-state index in [0.29, 0.717) is 17.9 Å². The maximum absolute atomic E-state index is 13.2. The van der Waals surface area contributed by atoms with Crippen molar-refractivity contribution >= 4 is 27.6 Å². The molecule has 0 bridgehead atoms. The highest BCUT2D eigenvalue weighted by Gasteiger charge is 2.26. The third-order valence-electron chi connectivity index (χ3n) is 5.14. The van der Waals surface area contributed by atoms with Crippen molar-refractivity contribution in [2.24, 2.45) is 0 Å². The lowest BCUT2D eigenvalue weighted by Crippen LogP contribution is -2.45. The van der Waals surface area contributed by atoms with Crippen molar-refractivity contribution in [1.29, 1.82) is 0 Å². The third kappa shape index (κ3) is 7.73. The van der Waals surface area contributed by atoms with Crippen LogP contribution < -0.4 is 10.0 Å². The van der Waals surface area contributed by atoms with Crippen molar-refractivity contribution in [2.45, 2.75) is 37.1 Å². The molecule has 0 heterocycles. The molecule has 0 spiro atoms. The van der Waals surface area contributed by atoms with Crippen molar-refractivity contribution in [3.8, 4) is 0 Å². The first kappa shape index (κ1) is 26.1. The van der Waals surface area contributed by atoms with Gasteiger partial charge in [-0.05, 0) is 66.9 Å². The molecule has 0 saturated carbocycles. The SMILES string of the molecule is CCCCOC(=O)c1ccc(NC(=O)[C@@H](Cc2ccccc2)NS(=O)(=O)c2ccc(F)cc2)cc1. The highest BCUT2D eigenvalue weighted by molar-refractivity contribution is 7.89. The Morgan fingerprint density at radius 3 is 2.23 bits per heavy atom. The van der Waals surface area contributed by atoms with Gasteiger partial charge in [0.1, 0.15) is 11.9 Å². The summed E-state index contributed by atoms with van der Waals surface area (Å²) in [6, 6.07) is 18.3. The summed E-state index contributed by atoms with van der Waals surface area (Å²) in [5, 5.41) is 2.69. The fraction of sp³-hybridized carbons (Fsp3) is 0.231. The van der Waals surface area contributed by atoms with E-state index in [1.807, 2.05) is 13.0 Å². The third-order valence-corrected chi connectivity index (χ3v) is 6.63. The summed E-state index contributed by atoms with van der Waals surface area (Å²) in [6.07, 6.45) is 1.78. The molecule has 35 heavy (non-hydrogen) atoms. The number of carbonyl (C=O) groups excluding carboxylic acids is 2. The molecule has 3 aromatic rings. The zero-order valence-electron chi connectivity index (χ0n) is 19.2. The van der Waals surface area contributed by atoms with Crippen molar-refractivity contribution in [3.05, 3.63) is 95.8 Å². The Kier molecular flexibility index (Phi) is 9.11. The second-order valence-electron chi connectivity index (χ2n) is 7.87. The second kappa shape index (κ2) is 12.2. The van der Waals surface area contributed by atoms with Gasteiger partial charge >= 0.3 is 5.97 Å². The Morgan fingerprint density at radius 2 is 1.60 bits per heavy atom. The molecule has 0 saturated heterocycles. The normalized spacial score (nSPS) is 12.1. The van der Waals surface area contributed by atoms with Crippen LogP contribution >= 0.6 is 0 Å². The first-order valence-electron chi connectivity index (χ1n) is 11.2. The quantitative estimate of drug-likeness (QED) is 0.303. The second-order valence-corrected chi connectivity index (χ2v) is 9.59. The van der Waals surface area contributed by atoms with Crippen LogP contribution in [0.25, 0.3) is 0 Å². The van der Waals surface area contributed by atoms with E-state index in [2.05, 4.69) is 10.0 Å². The van der Waals surface area contributed by atoms with Crippen LogP contribution in [0.1, 0.15) is 35.7 Å². The molecule has 0 aromatic heterocycles. The highest BCUT2D eigenvalue weighted by atomic mass is 32.2. The van der Waals surface area contributed by atoms with Gasteiger partial charge < -0.3 is 10.1 Å². The number of nitrogens with one attached hydrogen (secondary N) is 2. The monoisotopic (exact) mass is 498 g/mol. The van der Waals surface area contributed by atoms with Crippen molar-refractivity contribution in [1.82, 2.24) is 4.72 Å². The molecule has 0 fully saturated rings. The molecule has 0 aliphatic heterocycles. The number of unbranched alkanes of at least 4 members (excludes halogenated alkanes) is 1. The van der Waals surface area contributed by atoms with Crippen LogP contribution in [-0.2, 0) is 26.0 Å². The fourth-order valence-electron chi connectivity index (χ4n) is 3.22. The number of sulfonamides is 1. The Labute approximate surface area is 204 Å². The number of esters is 1. The average Bonchev–Trinajstić information content (AvgIpc) is 2.85. The standard InChI is InChI=1S/C26H27FN2O5S/c1-2-3-17-34-26(31)20-9-13-22(14-10-20)28-25(30)24(18-19-7-5-4-6-8-19)29-35(32,33)23-15-11-21(27)12-16-23/h4-16,24,29H,2-3,17-18H2,1H3,(H,28,30)/t24-/m1/s1. The molecule has 2 N–H and O–H groups in total. The number of rotatable bonds is 11. The number of hydrogen-bond donors (Lipinski definition) is 2. The van der Waals surface area contributed by atoms with E-state index in [-0.39, 0.29) is 11.3 Å². The van der Waals surface area contributed by atoms with Crippen LogP contribution in [0.15, 0.2) is 83.8 Å². The molecule has 184 valence electrons.